The third-order valence-electron chi connectivity index (χ3n) is 6.12. The zero-order valence-electron chi connectivity index (χ0n) is 20.0. The number of ether oxygens (including phenoxy) is 1. The topological polar surface area (TPSA) is 27.1 Å². The summed E-state index contributed by atoms with van der Waals surface area (Å²) in [4.78, 5) is 5.03. The van der Waals surface area contributed by atoms with Crippen molar-refractivity contribution in [2.45, 2.75) is 53.0 Å². The van der Waals surface area contributed by atoms with E-state index in [1.165, 1.54) is 16.6 Å². The van der Waals surface area contributed by atoms with E-state index in [2.05, 4.69) is 73.9 Å². The molecule has 0 spiro atoms. The molecule has 3 aromatic carbocycles. The zero-order valence-corrected chi connectivity index (χ0v) is 20.8. The van der Waals surface area contributed by atoms with Gasteiger partial charge in [-0.15, -0.1) is 0 Å². The van der Waals surface area contributed by atoms with Crippen molar-refractivity contribution >= 4 is 22.6 Å². The third-order valence-corrected chi connectivity index (χ3v) is 6.54. The Hall–Kier alpha value is -2.78. The molecule has 0 aliphatic heterocycles. The highest BCUT2D eigenvalue weighted by atomic mass is 35.5. The van der Waals surface area contributed by atoms with Crippen LogP contribution in [-0.2, 0) is 13.0 Å². The van der Waals surface area contributed by atoms with Crippen molar-refractivity contribution in [3.05, 3.63) is 94.3 Å². The van der Waals surface area contributed by atoms with Crippen LogP contribution >= 0.6 is 11.6 Å². The molecule has 0 saturated heterocycles. The number of hydrogen-bond acceptors (Lipinski definition) is 2. The predicted octanol–water partition coefficient (Wildman–Crippen LogP) is 7.82. The summed E-state index contributed by atoms with van der Waals surface area (Å²) in [5.74, 6) is 2.85. The number of benzene rings is 3. The first-order chi connectivity index (χ1) is 15.9. The molecular formula is C29H33ClN2O. The van der Waals surface area contributed by atoms with Crippen LogP contribution in [0.25, 0.3) is 11.0 Å². The van der Waals surface area contributed by atoms with Gasteiger partial charge in [-0.1, -0.05) is 68.8 Å². The Kier molecular flexibility index (Phi) is 7.39. The lowest BCUT2D eigenvalue weighted by Gasteiger charge is -2.16. The summed E-state index contributed by atoms with van der Waals surface area (Å²) in [6.07, 6.45) is 2.01. The Bertz CT molecular complexity index is 1210. The first-order valence-electron chi connectivity index (χ1n) is 11.9. The predicted molar refractivity (Wildman–Crippen MR) is 139 cm³/mol. The van der Waals surface area contributed by atoms with Gasteiger partial charge in [0, 0.05) is 17.5 Å². The Morgan fingerprint density at radius 1 is 0.970 bits per heavy atom. The van der Waals surface area contributed by atoms with E-state index < -0.39 is 0 Å². The molecule has 0 amide bonds. The average molecular weight is 461 g/mol. The standard InChI is InChI=1S/C29H33ClN2O/c1-20(2)18-23-10-12-24(13-11-23)22(4)29-31-27-8-5-6-9-28(27)32(29)16-7-17-33-25-14-15-26(30)21(3)19-25/h5-6,8-15,19-20,22H,7,16-18H2,1-4H3. The number of halogens is 1. The highest BCUT2D eigenvalue weighted by molar-refractivity contribution is 6.31. The summed E-state index contributed by atoms with van der Waals surface area (Å²) in [6, 6.07) is 23.3. The number of rotatable bonds is 9. The van der Waals surface area contributed by atoms with Gasteiger partial charge in [-0.3, -0.25) is 0 Å². The highest BCUT2D eigenvalue weighted by Crippen LogP contribution is 2.28. The molecule has 172 valence electrons. The average Bonchev–Trinajstić information content (AvgIpc) is 3.17. The zero-order chi connectivity index (χ0) is 23.4. The molecule has 4 rings (SSSR count). The number of fused-ring (bicyclic) bond motifs is 1. The van der Waals surface area contributed by atoms with Crippen molar-refractivity contribution < 1.29 is 4.74 Å². The highest BCUT2D eigenvalue weighted by Gasteiger charge is 2.18. The summed E-state index contributed by atoms with van der Waals surface area (Å²) in [5, 5.41) is 0.767. The van der Waals surface area contributed by atoms with Crippen molar-refractivity contribution in [2.24, 2.45) is 5.92 Å². The molecule has 33 heavy (non-hydrogen) atoms. The van der Waals surface area contributed by atoms with Gasteiger partial charge in [-0.05, 0) is 72.7 Å². The van der Waals surface area contributed by atoms with Crippen LogP contribution in [0.15, 0.2) is 66.7 Å². The van der Waals surface area contributed by atoms with Crippen LogP contribution in [-0.4, -0.2) is 16.2 Å². The maximum Gasteiger partial charge on any atom is 0.119 e. The van der Waals surface area contributed by atoms with Gasteiger partial charge in [-0.25, -0.2) is 4.98 Å². The van der Waals surface area contributed by atoms with E-state index in [0.717, 1.165) is 47.1 Å². The maximum atomic E-state index is 6.13. The lowest BCUT2D eigenvalue weighted by Crippen LogP contribution is -2.11. The van der Waals surface area contributed by atoms with E-state index in [-0.39, 0.29) is 5.92 Å². The van der Waals surface area contributed by atoms with Crippen LogP contribution < -0.4 is 4.74 Å². The molecule has 0 aliphatic carbocycles. The summed E-state index contributed by atoms with van der Waals surface area (Å²) in [6.45, 7) is 10.3. The van der Waals surface area contributed by atoms with Gasteiger partial charge < -0.3 is 9.30 Å². The summed E-state index contributed by atoms with van der Waals surface area (Å²) in [7, 11) is 0. The molecule has 0 fully saturated rings. The number of imidazole rings is 1. The summed E-state index contributed by atoms with van der Waals surface area (Å²) in [5.41, 5.74) is 5.95. The summed E-state index contributed by atoms with van der Waals surface area (Å²) >= 11 is 6.13. The first kappa shape index (κ1) is 23.4. The van der Waals surface area contributed by atoms with E-state index in [9.17, 15) is 0 Å². The SMILES string of the molecule is Cc1cc(OCCCn2c(C(C)c3ccc(CC(C)C)cc3)nc3ccccc32)ccc1Cl. The minimum atomic E-state index is 0.213. The normalized spacial score (nSPS) is 12.4. The third kappa shape index (κ3) is 5.59. The molecule has 4 aromatic rings. The number of nitrogens with zero attached hydrogens (tertiary/aromatic N) is 2. The second kappa shape index (κ2) is 10.4. The Labute approximate surface area is 202 Å². The van der Waals surface area contributed by atoms with Gasteiger partial charge in [-0.2, -0.15) is 0 Å². The maximum absolute atomic E-state index is 6.13. The fraction of sp³-hybridized carbons (Fsp3) is 0.345. The molecule has 0 bridgehead atoms. The van der Waals surface area contributed by atoms with Gasteiger partial charge in [0.05, 0.1) is 17.6 Å². The fourth-order valence-electron chi connectivity index (χ4n) is 4.34. The van der Waals surface area contributed by atoms with Crippen LogP contribution in [0.5, 0.6) is 5.75 Å². The minimum absolute atomic E-state index is 0.213. The van der Waals surface area contributed by atoms with Gasteiger partial charge in [0.1, 0.15) is 11.6 Å². The minimum Gasteiger partial charge on any atom is -0.494 e. The van der Waals surface area contributed by atoms with Crippen LogP contribution in [0.1, 0.15) is 55.6 Å². The van der Waals surface area contributed by atoms with Crippen LogP contribution in [0.3, 0.4) is 0 Å². The molecule has 0 aliphatic rings. The number of hydrogen-bond donors (Lipinski definition) is 0. The quantitative estimate of drug-likeness (QED) is 0.238. The van der Waals surface area contributed by atoms with E-state index in [1.807, 2.05) is 25.1 Å². The van der Waals surface area contributed by atoms with Crippen LogP contribution in [0, 0.1) is 12.8 Å². The monoisotopic (exact) mass is 460 g/mol. The van der Waals surface area contributed by atoms with Crippen molar-refractivity contribution in [2.75, 3.05) is 6.61 Å². The fourth-order valence-corrected chi connectivity index (χ4v) is 4.46. The lowest BCUT2D eigenvalue weighted by atomic mass is 9.96. The van der Waals surface area contributed by atoms with Crippen molar-refractivity contribution in [1.82, 2.24) is 9.55 Å². The molecule has 1 heterocycles. The van der Waals surface area contributed by atoms with Gasteiger partial charge in [0.25, 0.3) is 0 Å². The molecule has 3 nitrogen and oxygen atoms in total. The van der Waals surface area contributed by atoms with Gasteiger partial charge >= 0.3 is 0 Å². The van der Waals surface area contributed by atoms with Crippen molar-refractivity contribution in [3.8, 4) is 5.75 Å². The first-order valence-corrected chi connectivity index (χ1v) is 12.2. The Morgan fingerprint density at radius 3 is 2.45 bits per heavy atom. The molecule has 0 N–H and O–H groups in total. The molecule has 4 heteroatoms. The van der Waals surface area contributed by atoms with Crippen molar-refractivity contribution in [1.29, 1.82) is 0 Å². The lowest BCUT2D eigenvalue weighted by molar-refractivity contribution is 0.301. The molecule has 1 unspecified atom stereocenters. The van der Waals surface area contributed by atoms with Gasteiger partial charge in [0.15, 0.2) is 0 Å². The number of aromatic nitrogens is 2. The van der Waals surface area contributed by atoms with Gasteiger partial charge in [0.2, 0.25) is 0 Å². The van der Waals surface area contributed by atoms with Crippen LogP contribution in [0.4, 0.5) is 0 Å². The largest absolute Gasteiger partial charge is 0.494 e. The van der Waals surface area contributed by atoms with E-state index >= 15 is 0 Å². The second-order valence-electron chi connectivity index (χ2n) is 9.28. The molecule has 0 saturated carbocycles. The molecule has 0 radical (unpaired) electrons. The Morgan fingerprint density at radius 2 is 1.73 bits per heavy atom. The van der Waals surface area contributed by atoms with E-state index in [0.29, 0.717) is 12.5 Å². The van der Waals surface area contributed by atoms with E-state index in [4.69, 9.17) is 21.3 Å². The molecule has 1 aromatic heterocycles. The molecule has 1 atom stereocenters. The van der Waals surface area contributed by atoms with Crippen LogP contribution in [0.2, 0.25) is 5.02 Å². The number of para-hydroxylation sites is 2. The molecular weight excluding hydrogens is 428 g/mol. The Balaban J connectivity index is 1.50. The number of aryl methyl sites for hydroxylation is 2. The van der Waals surface area contributed by atoms with E-state index in [1.54, 1.807) is 0 Å². The second-order valence-corrected chi connectivity index (χ2v) is 9.69. The van der Waals surface area contributed by atoms with Crippen molar-refractivity contribution in [3.63, 3.8) is 0 Å². The smallest absolute Gasteiger partial charge is 0.119 e. The summed E-state index contributed by atoms with van der Waals surface area (Å²) < 4.78 is 8.35.